The van der Waals surface area contributed by atoms with Gasteiger partial charge in [-0.3, -0.25) is 9.69 Å². The van der Waals surface area contributed by atoms with Gasteiger partial charge in [0.2, 0.25) is 0 Å². The first-order valence-electron chi connectivity index (χ1n) is 5.46. The van der Waals surface area contributed by atoms with Gasteiger partial charge in [0.15, 0.2) is 0 Å². The van der Waals surface area contributed by atoms with Crippen LogP contribution in [0.3, 0.4) is 0 Å². The fraction of sp³-hybridized carbons (Fsp3) is 0.800. The quantitative estimate of drug-likeness (QED) is 0.602. The first-order valence-corrected chi connectivity index (χ1v) is 10.6. The maximum absolute atomic E-state index is 12.0. The van der Waals surface area contributed by atoms with E-state index < -0.39 is 8.07 Å². The number of urea groups is 1. The number of hydrogen-bond donors (Lipinski definition) is 1. The molecule has 1 unspecified atom stereocenters. The summed E-state index contributed by atoms with van der Waals surface area (Å²) < 4.78 is 0. The van der Waals surface area contributed by atoms with Gasteiger partial charge in [-0.25, -0.2) is 4.79 Å². The molecular formula is C10H20N2O2SSi. The summed E-state index contributed by atoms with van der Waals surface area (Å²) in [6, 6.07) is -0.505. The van der Waals surface area contributed by atoms with E-state index in [1.54, 1.807) is 11.8 Å². The van der Waals surface area contributed by atoms with Crippen LogP contribution in [0.1, 0.15) is 6.42 Å². The average molecular weight is 260 g/mol. The van der Waals surface area contributed by atoms with Crippen LogP contribution < -0.4 is 5.32 Å². The van der Waals surface area contributed by atoms with E-state index in [1.807, 2.05) is 6.26 Å². The van der Waals surface area contributed by atoms with Crippen molar-refractivity contribution in [3.8, 4) is 0 Å². The normalized spacial score (nSPS) is 21.5. The maximum Gasteiger partial charge on any atom is 0.324 e. The number of nitrogens with zero attached hydrogens (tertiary/aromatic N) is 1. The Morgan fingerprint density at radius 2 is 2.00 bits per heavy atom. The number of amides is 3. The zero-order valence-corrected chi connectivity index (χ0v) is 12.2. The molecule has 1 fully saturated rings. The van der Waals surface area contributed by atoms with E-state index in [-0.39, 0.29) is 18.0 Å². The molecule has 6 heteroatoms. The Balaban J connectivity index is 2.61. The molecule has 92 valence electrons. The first-order chi connectivity index (χ1) is 7.35. The first kappa shape index (κ1) is 13.6. The maximum atomic E-state index is 12.0. The average Bonchev–Trinajstić information content (AvgIpc) is 2.40. The second-order valence-corrected chi connectivity index (χ2v) is 11.7. The Morgan fingerprint density at radius 3 is 2.50 bits per heavy atom. The van der Waals surface area contributed by atoms with Crippen LogP contribution in [0.5, 0.6) is 0 Å². The van der Waals surface area contributed by atoms with Crippen LogP contribution in [0.15, 0.2) is 0 Å². The Hall–Kier alpha value is -0.493. The van der Waals surface area contributed by atoms with Gasteiger partial charge in [0, 0.05) is 6.17 Å². The van der Waals surface area contributed by atoms with Crippen LogP contribution in [-0.4, -0.2) is 49.1 Å². The smallest absolute Gasteiger partial charge is 0.324 e. The summed E-state index contributed by atoms with van der Waals surface area (Å²) in [4.78, 5) is 25.0. The van der Waals surface area contributed by atoms with Gasteiger partial charge < -0.3 is 5.32 Å². The molecular weight excluding hydrogens is 240 g/mol. The predicted molar refractivity (Wildman–Crippen MR) is 70.4 cm³/mol. The van der Waals surface area contributed by atoms with Gasteiger partial charge >= 0.3 is 6.03 Å². The number of nitrogens with one attached hydrogen (secondary N) is 1. The fourth-order valence-electron chi connectivity index (χ4n) is 1.63. The van der Waals surface area contributed by atoms with E-state index >= 15 is 0 Å². The summed E-state index contributed by atoms with van der Waals surface area (Å²) in [7, 11) is -1.43. The highest BCUT2D eigenvalue weighted by Crippen LogP contribution is 2.14. The van der Waals surface area contributed by atoms with Crippen molar-refractivity contribution >= 4 is 31.8 Å². The molecule has 0 saturated carbocycles. The highest BCUT2D eigenvalue weighted by atomic mass is 32.2. The third-order valence-corrected chi connectivity index (χ3v) is 4.26. The minimum absolute atomic E-state index is 0.0403. The summed E-state index contributed by atoms with van der Waals surface area (Å²) in [5.41, 5.74) is 0. The molecule has 1 aliphatic rings. The molecule has 1 N–H and O–H groups in total. The van der Waals surface area contributed by atoms with E-state index in [4.69, 9.17) is 0 Å². The second kappa shape index (κ2) is 5.22. The lowest BCUT2D eigenvalue weighted by Gasteiger charge is -2.22. The van der Waals surface area contributed by atoms with Crippen molar-refractivity contribution in [1.29, 1.82) is 0 Å². The van der Waals surface area contributed by atoms with Gasteiger partial charge in [0.05, 0.1) is 8.07 Å². The number of imide groups is 1. The summed E-state index contributed by atoms with van der Waals surface area (Å²) in [5, 5.41) is 2.76. The molecule has 4 nitrogen and oxygen atoms in total. The summed E-state index contributed by atoms with van der Waals surface area (Å²) >= 11 is 1.69. The van der Waals surface area contributed by atoms with E-state index in [1.165, 1.54) is 4.90 Å². The Morgan fingerprint density at radius 1 is 1.38 bits per heavy atom. The van der Waals surface area contributed by atoms with Crippen LogP contribution in [0.4, 0.5) is 4.79 Å². The molecule has 0 aromatic carbocycles. The third-order valence-electron chi connectivity index (χ3n) is 2.35. The minimum Gasteiger partial charge on any atom is -0.326 e. The number of rotatable bonds is 5. The van der Waals surface area contributed by atoms with E-state index in [0.29, 0.717) is 6.17 Å². The van der Waals surface area contributed by atoms with Crippen molar-refractivity contribution in [2.75, 3.05) is 18.2 Å². The SMILES string of the molecule is CSCCC1NC(=O)N(C[Si](C)(C)C)C1=O. The van der Waals surface area contributed by atoms with Gasteiger partial charge in [0.1, 0.15) is 6.04 Å². The summed E-state index contributed by atoms with van der Waals surface area (Å²) in [6.45, 7) is 6.47. The van der Waals surface area contributed by atoms with E-state index in [0.717, 1.165) is 12.2 Å². The van der Waals surface area contributed by atoms with Gasteiger partial charge in [-0.1, -0.05) is 19.6 Å². The van der Waals surface area contributed by atoms with Crippen LogP contribution in [0.2, 0.25) is 19.6 Å². The van der Waals surface area contributed by atoms with Crippen molar-refractivity contribution in [1.82, 2.24) is 10.2 Å². The molecule has 3 amide bonds. The Bertz CT molecular complexity index is 291. The van der Waals surface area contributed by atoms with E-state index in [9.17, 15) is 9.59 Å². The Kier molecular flexibility index (Phi) is 4.43. The lowest BCUT2D eigenvalue weighted by atomic mass is 10.2. The molecule has 16 heavy (non-hydrogen) atoms. The predicted octanol–water partition coefficient (Wildman–Crippen LogP) is 1.54. The lowest BCUT2D eigenvalue weighted by Crippen LogP contribution is -2.44. The molecule has 0 spiro atoms. The minimum atomic E-state index is -1.43. The van der Waals surface area contributed by atoms with Gasteiger partial charge in [-0.2, -0.15) is 11.8 Å². The highest BCUT2D eigenvalue weighted by Gasteiger charge is 2.39. The monoisotopic (exact) mass is 260 g/mol. The number of carbonyl (C=O) groups excluding carboxylic acids is 2. The second-order valence-electron chi connectivity index (χ2n) is 5.27. The molecule has 1 atom stereocenters. The number of hydrogen-bond acceptors (Lipinski definition) is 3. The van der Waals surface area contributed by atoms with Crippen LogP contribution in [0.25, 0.3) is 0 Å². The number of carbonyl (C=O) groups is 2. The van der Waals surface area contributed by atoms with Crippen molar-refractivity contribution in [3.63, 3.8) is 0 Å². The fourth-order valence-corrected chi connectivity index (χ4v) is 3.35. The van der Waals surface area contributed by atoms with Crippen LogP contribution in [0, 0.1) is 0 Å². The molecule has 1 saturated heterocycles. The van der Waals surface area contributed by atoms with Crippen molar-refractivity contribution in [3.05, 3.63) is 0 Å². The zero-order chi connectivity index (χ0) is 12.3. The van der Waals surface area contributed by atoms with Gasteiger partial charge in [-0.05, 0) is 18.4 Å². The molecule has 0 aromatic heterocycles. The molecule has 0 bridgehead atoms. The van der Waals surface area contributed by atoms with Crippen LogP contribution >= 0.6 is 11.8 Å². The Labute approximate surface area is 102 Å². The van der Waals surface area contributed by atoms with Gasteiger partial charge in [-0.15, -0.1) is 0 Å². The van der Waals surface area contributed by atoms with Crippen molar-refractivity contribution < 1.29 is 9.59 Å². The topological polar surface area (TPSA) is 49.4 Å². The summed E-state index contributed by atoms with van der Waals surface area (Å²) in [6.07, 6.45) is 3.35. The molecule has 0 radical (unpaired) electrons. The summed E-state index contributed by atoms with van der Waals surface area (Å²) in [5.74, 6) is 0.860. The third kappa shape index (κ3) is 3.52. The lowest BCUT2D eigenvalue weighted by molar-refractivity contribution is -0.126. The van der Waals surface area contributed by atoms with Crippen molar-refractivity contribution in [2.45, 2.75) is 32.1 Å². The highest BCUT2D eigenvalue weighted by molar-refractivity contribution is 7.98. The van der Waals surface area contributed by atoms with Gasteiger partial charge in [0.25, 0.3) is 5.91 Å². The van der Waals surface area contributed by atoms with Crippen molar-refractivity contribution in [2.24, 2.45) is 0 Å². The standard InChI is InChI=1S/C10H20N2O2SSi/c1-15-6-5-8-9(13)12(10(14)11-8)7-16(2,3)4/h8H,5-7H2,1-4H3,(H,11,14). The largest absolute Gasteiger partial charge is 0.326 e. The zero-order valence-electron chi connectivity index (χ0n) is 10.4. The van der Waals surface area contributed by atoms with Crippen LogP contribution in [-0.2, 0) is 4.79 Å². The van der Waals surface area contributed by atoms with E-state index in [2.05, 4.69) is 25.0 Å². The molecule has 0 aliphatic carbocycles. The molecule has 0 aromatic rings. The molecule has 1 heterocycles. The molecule has 1 rings (SSSR count). The molecule has 1 aliphatic heterocycles. The number of thioether (sulfide) groups is 1.